The number of ether oxygens (including phenoxy) is 2. The zero-order valence-corrected chi connectivity index (χ0v) is 14.6. The third-order valence-electron chi connectivity index (χ3n) is 3.78. The lowest BCUT2D eigenvalue weighted by Crippen LogP contribution is -2.40. The number of nitrogens with one attached hydrogen (secondary N) is 1. The van der Waals surface area contributed by atoms with Gasteiger partial charge in [0.05, 0.1) is 4.88 Å². The van der Waals surface area contributed by atoms with Gasteiger partial charge in [0.2, 0.25) is 6.10 Å². The third kappa shape index (κ3) is 3.71. The standard InChI is InChI=1S/C21H15NO3S/c23-21(20-14-24-18-8-1-2-9-19(18)25-20)22-16-6-3-5-15(13-16)10-11-17-7-4-12-26-17/h1-9,12-13,20H,14H2,(H,22,23)/t20-/m1/s1. The molecule has 26 heavy (non-hydrogen) atoms. The maximum atomic E-state index is 12.5. The Hall–Kier alpha value is -3.23. The van der Waals surface area contributed by atoms with Crippen molar-refractivity contribution in [3.63, 3.8) is 0 Å². The molecule has 0 aliphatic carbocycles. The summed E-state index contributed by atoms with van der Waals surface area (Å²) in [4.78, 5) is 13.5. The molecule has 5 heteroatoms. The van der Waals surface area contributed by atoms with Gasteiger partial charge in [-0.1, -0.05) is 36.1 Å². The first-order chi connectivity index (χ1) is 12.8. The quantitative estimate of drug-likeness (QED) is 0.704. The number of hydrogen-bond donors (Lipinski definition) is 1. The van der Waals surface area contributed by atoms with Crippen molar-refractivity contribution in [2.24, 2.45) is 0 Å². The molecule has 3 aromatic rings. The van der Waals surface area contributed by atoms with Crippen LogP contribution < -0.4 is 14.8 Å². The van der Waals surface area contributed by atoms with E-state index >= 15 is 0 Å². The van der Waals surface area contributed by atoms with Crippen LogP contribution in [-0.2, 0) is 4.79 Å². The number of carbonyl (C=O) groups excluding carboxylic acids is 1. The van der Waals surface area contributed by atoms with Crippen molar-refractivity contribution in [2.75, 3.05) is 11.9 Å². The normalized spacial score (nSPS) is 14.8. The second kappa shape index (κ2) is 7.34. The lowest BCUT2D eigenvalue weighted by molar-refractivity contribution is -0.125. The summed E-state index contributed by atoms with van der Waals surface area (Å²) in [5, 5.41) is 4.86. The van der Waals surface area contributed by atoms with Gasteiger partial charge in [0.15, 0.2) is 11.5 Å². The molecule has 0 spiro atoms. The molecule has 2 aromatic carbocycles. The number of para-hydroxylation sites is 2. The predicted octanol–water partition coefficient (Wildman–Crippen LogP) is 3.93. The molecule has 0 unspecified atom stereocenters. The van der Waals surface area contributed by atoms with Crippen LogP contribution >= 0.6 is 11.3 Å². The highest BCUT2D eigenvalue weighted by atomic mass is 32.1. The first-order valence-electron chi connectivity index (χ1n) is 8.13. The van der Waals surface area contributed by atoms with Crippen LogP contribution in [0, 0.1) is 11.8 Å². The SMILES string of the molecule is O=C(Nc1cccc(C#Cc2cccs2)c1)[C@H]1COc2ccccc2O1. The van der Waals surface area contributed by atoms with E-state index in [-0.39, 0.29) is 12.5 Å². The average Bonchev–Trinajstić information content (AvgIpc) is 3.20. The summed E-state index contributed by atoms with van der Waals surface area (Å²) in [5.74, 6) is 7.20. The van der Waals surface area contributed by atoms with Crippen LogP contribution in [0.3, 0.4) is 0 Å². The summed E-state index contributed by atoms with van der Waals surface area (Å²) in [6, 6.07) is 18.7. The molecular formula is C21H15NO3S. The van der Waals surface area contributed by atoms with Crippen LogP contribution in [0.5, 0.6) is 11.5 Å². The molecule has 0 saturated heterocycles. The van der Waals surface area contributed by atoms with Crippen molar-refractivity contribution in [3.05, 3.63) is 76.5 Å². The van der Waals surface area contributed by atoms with E-state index in [1.165, 1.54) is 0 Å². The number of carbonyl (C=O) groups is 1. The molecule has 1 aromatic heterocycles. The zero-order chi connectivity index (χ0) is 17.8. The van der Waals surface area contributed by atoms with Gasteiger partial charge in [-0.25, -0.2) is 0 Å². The lowest BCUT2D eigenvalue weighted by atomic mass is 10.2. The van der Waals surface area contributed by atoms with E-state index in [0.717, 1.165) is 10.4 Å². The summed E-state index contributed by atoms with van der Waals surface area (Å²) < 4.78 is 11.3. The van der Waals surface area contributed by atoms with Crippen molar-refractivity contribution in [2.45, 2.75) is 6.10 Å². The number of rotatable bonds is 2. The second-order valence-electron chi connectivity index (χ2n) is 5.66. The van der Waals surface area contributed by atoms with Crippen molar-refractivity contribution in [1.82, 2.24) is 0 Å². The minimum absolute atomic E-state index is 0.181. The number of fused-ring (bicyclic) bond motifs is 1. The van der Waals surface area contributed by atoms with Gasteiger partial charge in [0, 0.05) is 11.3 Å². The zero-order valence-electron chi connectivity index (χ0n) is 13.8. The van der Waals surface area contributed by atoms with E-state index in [4.69, 9.17) is 9.47 Å². The molecule has 0 bridgehead atoms. The number of hydrogen-bond acceptors (Lipinski definition) is 4. The maximum absolute atomic E-state index is 12.5. The smallest absolute Gasteiger partial charge is 0.269 e. The fraction of sp³-hybridized carbons (Fsp3) is 0.0952. The molecule has 2 heterocycles. The van der Waals surface area contributed by atoms with E-state index < -0.39 is 6.10 Å². The molecule has 0 fully saturated rings. The summed E-state index contributed by atoms with van der Waals surface area (Å²) in [5.41, 5.74) is 1.51. The van der Waals surface area contributed by atoms with E-state index in [2.05, 4.69) is 17.2 Å². The maximum Gasteiger partial charge on any atom is 0.269 e. The van der Waals surface area contributed by atoms with Crippen molar-refractivity contribution >= 4 is 22.9 Å². The second-order valence-corrected chi connectivity index (χ2v) is 6.61. The van der Waals surface area contributed by atoms with Gasteiger partial charge < -0.3 is 14.8 Å². The fourth-order valence-corrected chi connectivity index (χ4v) is 3.10. The minimum Gasteiger partial charge on any atom is -0.485 e. The van der Waals surface area contributed by atoms with Gasteiger partial charge in [-0.3, -0.25) is 4.79 Å². The Morgan fingerprint density at radius 1 is 1.04 bits per heavy atom. The van der Waals surface area contributed by atoms with Gasteiger partial charge in [0.1, 0.15) is 6.61 Å². The Morgan fingerprint density at radius 2 is 1.92 bits per heavy atom. The number of amides is 1. The van der Waals surface area contributed by atoms with E-state index in [9.17, 15) is 4.79 Å². The summed E-state index contributed by atoms with van der Waals surface area (Å²) in [7, 11) is 0. The summed E-state index contributed by atoms with van der Waals surface area (Å²) >= 11 is 1.60. The molecule has 1 N–H and O–H groups in total. The Morgan fingerprint density at radius 3 is 2.77 bits per heavy atom. The van der Waals surface area contributed by atoms with Crippen LogP contribution in [0.15, 0.2) is 66.0 Å². The van der Waals surface area contributed by atoms with Crippen LogP contribution in [0.1, 0.15) is 10.4 Å². The first-order valence-corrected chi connectivity index (χ1v) is 9.01. The Kier molecular flexibility index (Phi) is 4.59. The van der Waals surface area contributed by atoms with Gasteiger partial charge in [0.25, 0.3) is 5.91 Å². The molecular weight excluding hydrogens is 346 g/mol. The molecule has 128 valence electrons. The molecule has 4 rings (SSSR count). The van der Waals surface area contributed by atoms with Gasteiger partial charge in [-0.2, -0.15) is 0 Å². The van der Waals surface area contributed by atoms with Crippen molar-refractivity contribution in [1.29, 1.82) is 0 Å². The van der Waals surface area contributed by atoms with Crippen LogP contribution in [-0.4, -0.2) is 18.6 Å². The number of benzene rings is 2. The highest BCUT2D eigenvalue weighted by molar-refractivity contribution is 7.10. The number of thiophene rings is 1. The van der Waals surface area contributed by atoms with Crippen molar-refractivity contribution < 1.29 is 14.3 Å². The molecule has 1 amide bonds. The van der Waals surface area contributed by atoms with E-state index in [0.29, 0.717) is 17.2 Å². The van der Waals surface area contributed by atoms with Crippen LogP contribution in [0.4, 0.5) is 5.69 Å². The average molecular weight is 361 g/mol. The molecule has 0 radical (unpaired) electrons. The number of anilines is 1. The largest absolute Gasteiger partial charge is 0.485 e. The highest BCUT2D eigenvalue weighted by Crippen LogP contribution is 2.31. The summed E-state index contributed by atoms with van der Waals surface area (Å²) in [6.45, 7) is 0.181. The lowest BCUT2D eigenvalue weighted by Gasteiger charge is -2.25. The molecule has 4 nitrogen and oxygen atoms in total. The van der Waals surface area contributed by atoms with Gasteiger partial charge >= 0.3 is 0 Å². The molecule has 1 atom stereocenters. The molecule has 0 saturated carbocycles. The van der Waals surface area contributed by atoms with E-state index in [1.54, 1.807) is 17.4 Å². The van der Waals surface area contributed by atoms with Gasteiger partial charge in [-0.15, -0.1) is 11.3 Å². The van der Waals surface area contributed by atoms with Crippen molar-refractivity contribution in [3.8, 4) is 23.3 Å². The summed E-state index contributed by atoms with van der Waals surface area (Å²) in [6.07, 6.45) is -0.689. The van der Waals surface area contributed by atoms with E-state index in [1.807, 2.05) is 60.0 Å². The van der Waals surface area contributed by atoms with Gasteiger partial charge in [-0.05, 0) is 41.8 Å². The Bertz CT molecular complexity index is 986. The third-order valence-corrected chi connectivity index (χ3v) is 4.57. The van der Waals surface area contributed by atoms with Crippen LogP contribution in [0.2, 0.25) is 0 Å². The highest BCUT2D eigenvalue weighted by Gasteiger charge is 2.27. The minimum atomic E-state index is -0.689. The predicted molar refractivity (Wildman–Crippen MR) is 102 cm³/mol. The Labute approximate surface area is 155 Å². The Balaban J connectivity index is 1.44. The monoisotopic (exact) mass is 361 g/mol. The molecule has 1 aliphatic rings. The first kappa shape index (κ1) is 16.2. The topological polar surface area (TPSA) is 47.6 Å². The fourth-order valence-electron chi connectivity index (χ4n) is 2.53. The van der Waals surface area contributed by atoms with Crippen LogP contribution in [0.25, 0.3) is 0 Å². The molecule has 1 aliphatic heterocycles.